The van der Waals surface area contributed by atoms with Gasteiger partial charge in [-0.1, -0.05) is 42.3 Å². The number of hydrogen-bond donors (Lipinski definition) is 1. The first-order valence-corrected chi connectivity index (χ1v) is 11.5. The van der Waals surface area contributed by atoms with Crippen molar-refractivity contribution < 1.29 is 4.79 Å². The van der Waals surface area contributed by atoms with E-state index in [4.69, 9.17) is 0 Å². The molecule has 0 radical (unpaired) electrons. The van der Waals surface area contributed by atoms with Gasteiger partial charge >= 0.3 is 0 Å². The summed E-state index contributed by atoms with van der Waals surface area (Å²) in [5.74, 6) is -0.0889. The monoisotopic (exact) mass is 422 g/mol. The zero-order chi connectivity index (χ0) is 21.6. The van der Waals surface area contributed by atoms with Crippen LogP contribution in [0.4, 0.5) is 5.69 Å². The maximum atomic E-state index is 12.4. The van der Waals surface area contributed by atoms with Gasteiger partial charge in [0.05, 0.1) is 12.2 Å². The van der Waals surface area contributed by atoms with Crippen molar-refractivity contribution in [2.45, 2.75) is 50.6 Å². The van der Waals surface area contributed by atoms with Crippen molar-refractivity contribution in [3.63, 3.8) is 0 Å². The first-order valence-electron chi connectivity index (χ1n) is 11.5. The second-order valence-electron chi connectivity index (χ2n) is 8.98. The van der Waals surface area contributed by atoms with Crippen LogP contribution in [0.2, 0.25) is 0 Å². The topological polar surface area (TPSA) is 66.3 Å². The molecule has 0 bridgehead atoms. The molecule has 1 aromatic heterocycles. The van der Waals surface area contributed by atoms with Crippen LogP contribution in [0.25, 0.3) is 6.08 Å². The number of hydrogen-bond acceptors (Lipinski definition) is 5. The van der Waals surface area contributed by atoms with Crippen LogP contribution in [0.1, 0.15) is 60.6 Å². The van der Waals surface area contributed by atoms with Gasteiger partial charge < -0.3 is 10.2 Å². The van der Waals surface area contributed by atoms with Crippen molar-refractivity contribution in [3.8, 4) is 0 Å². The van der Waals surface area contributed by atoms with Crippen LogP contribution in [0.3, 0.4) is 0 Å². The predicted molar refractivity (Wildman–Crippen MR) is 124 cm³/mol. The lowest BCUT2D eigenvalue weighted by molar-refractivity contribution is 0.0932. The molecule has 1 aliphatic carbocycles. The van der Waals surface area contributed by atoms with Crippen molar-refractivity contribution in [1.29, 1.82) is 0 Å². The van der Waals surface area contributed by atoms with E-state index in [1.165, 1.54) is 24.1 Å². The van der Waals surface area contributed by atoms with E-state index in [0.717, 1.165) is 45.3 Å². The Kier molecular flexibility index (Phi) is 7.02. The third kappa shape index (κ3) is 5.73. The van der Waals surface area contributed by atoms with Crippen LogP contribution in [0, 0.1) is 0 Å². The number of anilines is 1. The Morgan fingerprint density at radius 2 is 1.94 bits per heavy atom. The number of piperidine rings is 1. The highest BCUT2D eigenvalue weighted by molar-refractivity contribution is 5.92. The van der Waals surface area contributed by atoms with E-state index in [-0.39, 0.29) is 11.9 Å². The fourth-order valence-corrected chi connectivity index (χ4v) is 4.52. The van der Waals surface area contributed by atoms with E-state index in [1.807, 2.05) is 10.9 Å². The molecule has 1 N–H and O–H groups in total. The Morgan fingerprint density at radius 1 is 1.16 bits per heavy atom. The summed E-state index contributed by atoms with van der Waals surface area (Å²) < 4.78 is 1.89. The number of nitrogens with one attached hydrogen (secondary N) is 1. The Labute approximate surface area is 185 Å². The van der Waals surface area contributed by atoms with Crippen molar-refractivity contribution in [2.75, 3.05) is 38.6 Å². The maximum absolute atomic E-state index is 12.4. The van der Waals surface area contributed by atoms with Crippen LogP contribution in [0.5, 0.6) is 0 Å². The van der Waals surface area contributed by atoms with Gasteiger partial charge in [0, 0.05) is 38.9 Å². The minimum absolute atomic E-state index is 0.0889. The molecule has 2 fully saturated rings. The average molecular weight is 423 g/mol. The Balaban J connectivity index is 1.29. The zero-order valence-corrected chi connectivity index (χ0v) is 18.7. The molecule has 1 saturated heterocycles. The lowest BCUT2D eigenvalue weighted by Crippen LogP contribution is -2.37. The summed E-state index contributed by atoms with van der Waals surface area (Å²) in [4.78, 5) is 17.0. The lowest BCUT2D eigenvalue weighted by Gasteiger charge is -2.31. The van der Waals surface area contributed by atoms with Gasteiger partial charge in [0.1, 0.15) is 0 Å². The average Bonchev–Trinajstić information content (AvgIpc) is 3.47. The number of nitrogens with zero attached hydrogens (tertiary/aromatic N) is 5. The summed E-state index contributed by atoms with van der Waals surface area (Å²) in [6.45, 7) is 2.93. The van der Waals surface area contributed by atoms with Crippen molar-refractivity contribution in [3.05, 3.63) is 47.8 Å². The summed E-state index contributed by atoms with van der Waals surface area (Å²) in [6.07, 6.45) is 13.0. The highest BCUT2D eigenvalue weighted by atomic mass is 16.2. The quantitative estimate of drug-likeness (QED) is 0.741. The molecular weight excluding hydrogens is 388 g/mol. The van der Waals surface area contributed by atoms with Gasteiger partial charge in [-0.2, -0.15) is 0 Å². The van der Waals surface area contributed by atoms with Crippen LogP contribution in [-0.4, -0.2) is 65.6 Å². The highest BCUT2D eigenvalue weighted by Crippen LogP contribution is 2.22. The SMILES string of the molecule is CN(C)c1ccc(C=CCN2CCCC(n3cc(C(=O)NC4CCCC4)nn3)C2)cc1. The van der Waals surface area contributed by atoms with E-state index < -0.39 is 0 Å². The highest BCUT2D eigenvalue weighted by Gasteiger charge is 2.24. The number of rotatable bonds is 7. The Morgan fingerprint density at radius 3 is 2.68 bits per heavy atom. The number of aromatic nitrogens is 3. The Bertz CT molecular complexity index is 882. The third-order valence-electron chi connectivity index (χ3n) is 6.37. The number of amides is 1. The second-order valence-corrected chi connectivity index (χ2v) is 8.98. The molecule has 166 valence electrons. The van der Waals surface area contributed by atoms with Crippen molar-refractivity contribution >= 4 is 17.7 Å². The molecule has 2 aromatic rings. The fourth-order valence-electron chi connectivity index (χ4n) is 4.52. The molecule has 0 spiro atoms. The molecule has 31 heavy (non-hydrogen) atoms. The molecule has 1 saturated carbocycles. The summed E-state index contributed by atoms with van der Waals surface area (Å²) in [5.41, 5.74) is 2.86. The van der Waals surface area contributed by atoms with Crippen LogP contribution >= 0.6 is 0 Å². The van der Waals surface area contributed by atoms with Gasteiger partial charge in [0.25, 0.3) is 5.91 Å². The summed E-state index contributed by atoms with van der Waals surface area (Å²) in [7, 11) is 4.11. The molecular formula is C24H34N6O. The van der Waals surface area contributed by atoms with E-state index in [2.05, 4.69) is 75.9 Å². The third-order valence-corrected chi connectivity index (χ3v) is 6.37. The van der Waals surface area contributed by atoms with Crippen LogP contribution in [-0.2, 0) is 0 Å². The van der Waals surface area contributed by atoms with Crippen LogP contribution < -0.4 is 10.2 Å². The molecule has 4 rings (SSSR count). The maximum Gasteiger partial charge on any atom is 0.273 e. The lowest BCUT2D eigenvalue weighted by atomic mass is 10.1. The normalized spacial score (nSPS) is 20.4. The standard InChI is InChI=1S/C24H34N6O/c1-28(2)21-13-11-19(12-14-21)7-5-15-29-16-6-10-22(17-29)30-18-23(26-27-30)24(31)25-20-8-3-4-9-20/h5,7,11-14,18,20,22H,3-4,6,8-10,15-17H2,1-2H3,(H,25,31). The summed E-state index contributed by atoms with van der Waals surface area (Å²) in [5, 5.41) is 11.5. The molecule has 1 aliphatic heterocycles. The smallest absolute Gasteiger partial charge is 0.273 e. The molecule has 7 nitrogen and oxygen atoms in total. The molecule has 2 heterocycles. The fraction of sp³-hybridized carbons (Fsp3) is 0.542. The van der Waals surface area contributed by atoms with Gasteiger partial charge in [-0.05, 0) is 49.9 Å². The minimum Gasteiger partial charge on any atom is -0.378 e. The van der Waals surface area contributed by atoms with Crippen molar-refractivity contribution in [2.24, 2.45) is 0 Å². The first-order chi connectivity index (χ1) is 15.1. The molecule has 2 aliphatic rings. The molecule has 1 aromatic carbocycles. The Hall–Kier alpha value is -2.67. The molecule has 7 heteroatoms. The van der Waals surface area contributed by atoms with Gasteiger partial charge in [0.15, 0.2) is 5.69 Å². The first kappa shape index (κ1) is 21.6. The largest absolute Gasteiger partial charge is 0.378 e. The van der Waals surface area contributed by atoms with E-state index in [1.54, 1.807) is 0 Å². The molecule has 1 atom stereocenters. The minimum atomic E-state index is -0.0889. The molecule has 1 unspecified atom stereocenters. The van der Waals surface area contributed by atoms with Gasteiger partial charge in [-0.15, -0.1) is 5.10 Å². The summed E-state index contributed by atoms with van der Waals surface area (Å²) in [6, 6.07) is 9.15. The zero-order valence-electron chi connectivity index (χ0n) is 18.7. The second kappa shape index (κ2) is 10.1. The number of benzene rings is 1. The summed E-state index contributed by atoms with van der Waals surface area (Å²) >= 11 is 0. The predicted octanol–water partition coefficient (Wildman–Crippen LogP) is 3.37. The van der Waals surface area contributed by atoms with E-state index >= 15 is 0 Å². The number of carbonyl (C=O) groups is 1. The van der Waals surface area contributed by atoms with Gasteiger partial charge in [-0.25, -0.2) is 4.68 Å². The number of likely N-dealkylation sites (tertiary alicyclic amines) is 1. The van der Waals surface area contributed by atoms with Gasteiger partial charge in [-0.3, -0.25) is 9.69 Å². The van der Waals surface area contributed by atoms with E-state index in [9.17, 15) is 4.79 Å². The van der Waals surface area contributed by atoms with Crippen molar-refractivity contribution in [1.82, 2.24) is 25.2 Å². The molecule has 1 amide bonds. The van der Waals surface area contributed by atoms with Crippen LogP contribution in [0.15, 0.2) is 36.5 Å². The van der Waals surface area contributed by atoms with E-state index in [0.29, 0.717) is 11.7 Å². The number of carbonyl (C=O) groups excluding carboxylic acids is 1. The van der Waals surface area contributed by atoms with Gasteiger partial charge in [0.2, 0.25) is 0 Å².